The molecule has 0 unspecified atom stereocenters. The highest BCUT2D eigenvalue weighted by atomic mass is 16.5. The molecule has 4 aromatic rings. The van der Waals surface area contributed by atoms with Crippen molar-refractivity contribution < 1.29 is 19.0 Å². The van der Waals surface area contributed by atoms with Crippen LogP contribution in [0.5, 0.6) is 17.2 Å². The molecular weight excluding hydrogens is 462 g/mol. The molecule has 0 fully saturated rings. The third-order valence-corrected chi connectivity index (χ3v) is 5.86. The largest absolute Gasteiger partial charge is 0.497 e. The molecule has 9 heteroatoms. The fourth-order valence-electron chi connectivity index (χ4n) is 4.04. The molecule has 1 N–H and O–H groups in total. The van der Waals surface area contributed by atoms with E-state index in [2.05, 4.69) is 5.32 Å². The number of para-hydroxylation sites is 1. The Morgan fingerprint density at radius 1 is 0.833 bits per heavy atom. The van der Waals surface area contributed by atoms with Crippen LogP contribution in [0.2, 0.25) is 0 Å². The number of aryl methyl sites for hydroxylation is 1. The zero-order chi connectivity index (χ0) is 25.7. The maximum Gasteiger partial charge on any atom is 0.331 e. The molecule has 4 rings (SSSR count). The molecule has 1 aromatic heterocycles. The van der Waals surface area contributed by atoms with E-state index in [1.165, 1.54) is 11.7 Å². The molecule has 0 bridgehead atoms. The summed E-state index contributed by atoms with van der Waals surface area (Å²) in [4.78, 5) is 39.5. The monoisotopic (exact) mass is 489 g/mol. The van der Waals surface area contributed by atoms with E-state index < -0.39 is 17.2 Å². The fraction of sp³-hybridized carbons (Fsp3) is 0.222. The Hall–Kier alpha value is -4.53. The van der Waals surface area contributed by atoms with Crippen LogP contribution in [-0.4, -0.2) is 36.4 Å². The van der Waals surface area contributed by atoms with Gasteiger partial charge in [0.25, 0.3) is 5.56 Å². The van der Waals surface area contributed by atoms with Gasteiger partial charge in [-0.1, -0.05) is 24.3 Å². The van der Waals surface area contributed by atoms with Gasteiger partial charge in [0.05, 0.1) is 32.2 Å². The molecule has 0 aliphatic heterocycles. The predicted molar refractivity (Wildman–Crippen MR) is 137 cm³/mol. The zero-order valence-corrected chi connectivity index (χ0v) is 20.3. The van der Waals surface area contributed by atoms with E-state index in [1.807, 2.05) is 12.1 Å². The van der Waals surface area contributed by atoms with E-state index in [9.17, 15) is 14.4 Å². The number of carbonyl (C=O) groups excluding carboxylic acids is 1. The number of hydrogen-bond donors (Lipinski definition) is 1. The lowest BCUT2D eigenvalue weighted by Crippen LogP contribution is -2.42. The minimum Gasteiger partial charge on any atom is -0.497 e. The van der Waals surface area contributed by atoms with E-state index in [0.29, 0.717) is 40.3 Å². The topological polar surface area (TPSA) is 101 Å². The molecule has 9 nitrogen and oxygen atoms in total. The Morgan fingerprint density at radius 3 is 2.36 bits per heavy atom. The highest BCUT2D eigenvalue weighted by molar-refractivity contribution is 5.91. The second-order valence-corrected chi connectivity index (χ2v) is 8.06. The molecule has 0 aliphatic carbocycles. The van der Waals surface area contributed by atoms with Crippen molar-refractivity contribution in [2.75, 3.05) is 26.6 Å². The first-order valence-electron chi connectivity index (χ1n) is 11.3. The van der Waals surface area contributed by atoms with Crippen molar-refractivity contribution >= 4 is 22.5 Å². The highest BCUT2D eigenvalue weighted by Gasteiger charge is 2.16. The smallest absolute Gasteiger partial charge is 0.331 e. The second kappa shape index (κ2) is 10.8. The molecule has 0 atom stereocenters. The van der Waals surface area contributed by atoms with Crippen LogP contribution < -0.4 is 30.8 Å². The Morgan fingerprint density at radius 2 is 1.61 bits per heavy atom. The van der Waals surface area contributed by atoms with Crippen LogP contribution in [-0.2, 0) is 24.3 Å². The van der Waals surface area contributed by atoms with Gasteiger partial charge in [-0.3, -0.25) is 18.7 Å². The van der Waals surface area contributed by atoms with Gasteiger partial charge >= 0.3 is 5.69 Å². The minimum absolute atomic E-state index is 0.134. The average Bonchev–Trinajstić information content (AvgIpc) is 2.90. The molecule has 186 valence electrons. The Bertz CT molecular complexity index is 1520. The number of carbonyl (C=O) groups is 1. The number of benzene rings is 3. The van der Waals surface area contributed by atoms with Crippen molar-refractivity contribution in [3.05, 3.63) is 93.1 Å². The SMILES string of the molecule is COc1cccc(NC(=O)Cn2c(=O)n(CCc3ccc(OC)c(OC)c3)c(=O)c3ccccc32)c1. The molecule has 1 heterocycles. The lowest BCUT2D eigenvalue weighted by molar-refractivity contribution is -0.116. The first kappa shape index (κ1) is 24.6. The van der Waals surface area contributed by atoms with E-state index in [1.54, 1.807) is 68.8 Å². The van der Waals surface area contributed by atoms with Gasteiger partial charge in [-0.05, 0) is 48.4 Å². The van der Waals surface area contributed by atoms with E-state index in [0.717, 1.165) is 10.1 Å². The lowest BCUT2D eigenvalue weighted by Gasteiger charge is -2.15. The summed E-state index contributed by atoms with van der Waals surface area (Å²) >= 11 is 0. The summed E-state index contributed by atoms with van der Waals surface area (Å²) in [6.07, 6.45) is 0.407. The van der Waals surface area contributed by atoms with Gasteiger partial charge in [0.1, 0.15) is 12.3 Å². The first-order valence-corrected chi connectivity index (χ1v) is 11.3. The van der Waals surface area contributed by atoms with E-state index in [4.69, 9.17) is 14.2 Å². The third kappa shape index (κ3) is 5.10. The number of rotatable bonds is 9. The summed E-state index contributed by atoms with van der Waals surface area (Å²) in [5.41, 5.74) is 0.851. The average molecular weight is 490 g/mol. The number of anilines is 1. The van der Waals surface area contributed by atoms with Gasteiger partial charge in [-0.2, -0.15) is 0 Å². The Balaban J connectivity index is 1.65. The number of amides is 1. The number of hydrogen-bond acceptors (Lipinski definition) is 6. The van der Waals surface area contributed by atoms with Crippen molar-refractivity contribution in [3.8, 4) is 17.2 Å². The molecule has 36 heavy (non-hydrogen) atoms. The molecule has 0 radical (unpaired) electrons. The normalized spacial score (nSPS) is 10.8. The van der Waals surface area contributed by atoms with Crippen molar-refractivity contribution in [2.24, 2.45) is 0 Å². The second-order valence-electron chi connectivity index (χ2n) is 8.06. The summed E-state index contributed by atoms with van der Waals surface area (Å²) in [7, 11) is 4.64. The molecule has 3 aromatic carbocycles. The summed E-state index contributed by atoms with van der Waals surface area (Å²) in [5, 5.41) is 3.14. The van der Waals surface area contributed by atoms with Crippen LogP contribution in [0.25, 0.3) is 10.9 Å². The maximum absolute atomic E-state index is 13.4. The number of ether oxygens (including phenoxy) is 3. The van der Waals surface area contributed by atoms with Gasteiger partial charge in [-0.15, -0.1) is 0 Å². The number of methoxy groups -OCH3 is 3. The first-order chi connectivity index (χ1) is 17.4. The fourth-order valence-corrected chi connectivity index (χ4v) is 4.04. The molecule has 0 saturated carbocycles. The van der Waals surface area contributed by atoms with Gasteiger partial charge in [0.2, 0.25) is 5.91 Å². The van der Waals surface area contributed by atoms with Crippen LogP contribution in [0.4, 0.5) is 5.69 Å². The quantitative estimate of drug-likeness (QED) is 0.388. The van der Waals surface area contributed by atoms with Crippen molar-refractivity contribution in [2.45, 2.75) is 19.5 Å². The maximum atomic E-state index is 13.4. The molecule has 0 aliphatic rings. The van der Waals surface area contributed by atoms with Crippen molar-refractivity contribution in [1.82, 2.24) is 9.13 Å². The van der Waals surface area contributed by atoms with Gasteiger partial charge in [0.15, 0.2) is 11.5 Å². The van der Waals surface area contributed by atoms with Gasteiger partial charge < -0.3 is 19.5 Å². The van der Waals surface area contributed by atoms with E-state index in [-0.39, 0.29) is 13.1 Å². The zero-order valence-electron chi connectivity index (χ0n) is 20.3. The standard InChI is InChI=1S/C27H27N3O6/c1-34-20-8-6-7-19(16-20)28-25(31)17-30-22-10-5-4-9-21(22)26(32)29(27(30)33)14-13-18-11-12-23(35-2)24(15-18)36-3/h4-12,15-16H,13-14,17H2,1-3H3,(H,28,31). The predicted octanol–water partition coefficient (Wildman–Crippen LogP) is 3.07. The Kier molecular flexibility index (Phi) is 7.39. The lowest BCUT2D eigenvalue weighted by atomic mass is 10.1. The number of nitrogens with zero attached hydrogens (tertiary/aromatic N) is 2. The summed E-state index contributed by atoms with van der Waals surface area (Å²) in [6, 6.07) is 19.1. The van der Waals surface area contributed by atoms with Gasteiger partial charge in [0, 0.05) is 18.3 Å². The minimum atomic E-state index is -0.556. The van der Waals surface area contributed by atoms with Crippen LogP contribution in [0.15, 0.2) is 76.3 Å². The molecular formula is C27H27N3O6. The van der Waals surface area contributed by atoms with Crippen LogP contribution in [0, 0.1) is 0 Å². The van der Waals surface area contributed by atoms with Crippen LogP contribution in [0.1, 0.15) is 5.56 Å². The number of aromatic nitrogens is 2. The van der Waals surface area contributed by atoms with Crippen molar-refractivity contribution in [3.63, 3.8) is 0 Å². The summed E-state index contributed by atoms with van der Waals surface area (Å²) < 4.78 is 18.3. The van der Waals surface area contributed by atoms with Crippen molar-refractivity contribution in [1.29, 1.82) is 0 Å². The number of nitrogens with one attached hydrogen (secondary N) is 1. The summed E-state index contributed by atoms with van der Waals surface area (Å²) in [6.45, 7) is -0.122. The third-order valence-electron chi connectivity index (χ3n) is 5.86. The molecule has 1 amide bonds. The van der Waals surface area contributed by atoms with Crippen LogP contribution >= 0.6 is 0 Å². The van der Waals surface area contributed by atoms with E-state index >= 15 is 0 Å². The molecule has 0 spiro atoms. The number of fused-ring (bicyclic) bond motifs is 1. The highest BCUT2D eigenvalue weighted by Crippen LogP contribution is 2.27. The summed E-state index contributed by atoms with van der Waals surface area (Å²) in [5.74, 6) is 1.35. The van der Waals surface area contributed by atoms with Crippen LogP contribution in [0.3, 0.4) is 0 Å². The Labute approximate surface area is 207 Å². The molecule has 0 saturated heterocycles. The van der Waals surface area contributed by atoms with Gasteiger partial charge in [-0.25, -0.2) is 4.79 Å².